The molecule has 0 radical (unpaired) electrons. The lowest BCUT2D eigenvalue weighted by Gasteiger charge is -2.37. The molecule has 1 aliphatic heterocycles. The molecule has 3 rings (SSSR count). The minimum absolute atomic E-state index is 0.765. The highest BCUT2D eigenvalue weighted by Crippen LogP contribution is 2.37. The van der Waals surface area contributed by atoms with Gasteiger partial charge < -0.3 is 5.32 Å². The fourth-order valence-electron chi connectivity index (χ4n) is 5.16. The van der Waals surface area contributed by atoms with Gasteiger partial charge in [0.25, 0.3) is 0 Å². The largest absolute Gasteiger partial charge is 0.313 e. The van der Waals surface area contributed by atoms with Gasteiger partial charge in [0.1, 0.15) is 0 Å². The molecule has 2 heteroatoms. The first-order valence-corrected chi connectivity index (χ1v) is 9.36. The van der Waals surface area contributed by atoms with Crippen molar-refractivity contribution in [1.29, 1.82) is 0 Å². The van der Waals surface area contributed by atoms with Gasteiger partial charge in [-0.05, 0) is 57.0 Å². The molecule has 3 fully saturated rings. The Morgan fingerprint density at radius 3 is 2.50 bits per heavy atom. The minimum Gasteiger partial charge on any atom is -0.313 e. The summed E-state index contributed by atoms with van der Waals surface area (Å²) in [7, 11) is 0. The van der Waals surface area contributed by atoms with Gasteiger partial charge >= 0.3 is 0 Å². The molecule has 1 heterocycles. The van der Waals surface area contributed by atoms with Gasteiger partial charge in [0.2, 0.25) is 0 Å². The SMILES string of the molecule is CCNC(CN1CCC2CCCCC21)C1CCCCC1. The Balaban J connectivity index is 1.57. The predicted octanol–water partition coefficient (Wildman–Crippen LogP) is 3.81. The second-order valence-electron chi connectivity index (χ2n) is 7.46. The van der Waals surface area contributed by atoms with E-state index < -0.39 is 0 Å². The number of hydrogen-bond donors (Lipinski definition) is 1. The summed E-state index contributed by atoms with van der Waals surface area (Å²) >= 11 is 0. The van der Waals surface area contributed by atoms with Gasteiger partial charge in [-0.1, -0.05) is 39.0 Å². The van der Waals surface area contributed by atoms with Crippen molar-refractivity contribution in [2.75, 3.05) is 19.6 Å². The third kappa shape index (κ3) is 3.39. The van der Waals surface area contributed by atoms with Crippen molar-refractivity contribution in [2.24, 2.45) is 11.8 Å². The monoisotopic (exact) mass is 278 g/mol. The maximum Gasteiger partial charge on any atom is 0.0223 e. The van der Waals surface area contributed by atoms with E-state index in [4.69, 9.17) is 0 Å². The van der Waals surface area contributed by atoms with Crippen LogP contribution < -0.4 is 5.32 Å². The zero-order valence-corrected chi connectivity index (χ0v) is 13.4. The Hall–Kier alpha value is -0.0800. The minimum atomic E-state index is 0.765. The van der Waals surface area contributed by atoms with Crippen LogP contribution in [-0.4, -0.2) is 36.6 Å². The third-order valence-corrected chi connectivity index (χ3v) is 6.24. The van der Waals surface area contributed by atoms with Crippen molar-refractivity contribution in [3.8, 4) is 0 Å². The molecular formula is C18H34N2. The molecule has 1 N–H and O–H groups in total. The lowest BCUT2D eigenvalue weighted by Crippen LogP contribution is -2.48. The van der Waals surface area contributed by atoms with Gasteiger partial charge in [0.15, 0.2) is 0 Å². The first-order chi connectivity index (χ1) is 9.88. The number of likely N-dealkylation sites (N-methyl/N-ethyl adjacent to an activating group) is 1. The lowest BCUT2D eigenvalue weighted by atomic mass is 9.82. The summed E-state index contributed by atoms with van der Waals surface area (Å²) < 4.78 is 0. The van der Waals surface area contributed by atoms with Gasteiger partial charge in [-0.3, -0.25) is 4.90 Å². The zero-order chi connectivity index (χ0) is 13.8. The smallest absolute Gasteiger partial charge is 0.0223 e. The standard InChI is InChI=1S/C18H34N2/c1-2-19-17(15-8-4-3-5-9-15)14-20-13-12-16-10-6-7-11-18(16)20/h15-19H,2-14H2,1H3. The first-order valence-electron chi connectivity index (χ1n) is 9.36. The van der Waals surface area contributed by atoms with E-state index in [1.54, 1.807) is 0 Å². The normalized spacial score (nSPS) is 34.0. The maximum absolute atomic E-state index is 3.83. The van der Waals surface area contributed by atoms with Crippen molar-refractivity contribution in [1.82, 2.24) is 10.2 Å². The molecule has 0 amide bonds. The molecule has 2 aliphatic carbocycles. The number of nitrogens with zero attached hydrogens (tertiary/aromatic N) is 1. The van der Waals surface area contributed by atoms with Crippen molar-refractivity contribution in [3.05, 3.63) is 0 Å². The van der Waals surface area contributed by atoms with E-state index in [0.717, 1.165) is 30.5 Å². The Morgan fingerprint density at radius 1 is 0.950 bits per heavy atom. The number of hydrogen-bond acceptors (Lipinski definition) is 2. The summed E-state index contributed by atoms with van der Waals surface area (Å²) in [6.07, 6.45) is 14.8. The molecule has 20 heavy (non-hydrogen) atoms. The van der Waals surface area contributed by atoms with E-state index in [0.29, 0.717) is 0 Å². The topological polar surface area (TPSA) is 15.3 Å². The Bertz CT molecular complexity index is 285. The van der Waals surface area contributed by atoms with E-state index in [-0.39, 0.29) is 0 Å². The molecule has 0 aromatic carbocycles. The van der Waals surface area contributed by atoms with Gasteiger partial charge in [-0.2, -0.15) is 0 Å². The second-order valence-corrected chi connectivity index (χ2v) is 7.46. The van der Waals surface area contributed by atoms with E-state index in [1.165, 1.54) is 77.3 Å². The average Bonchev–Trinajstić information content (AvgIpc) is 2.91. The molecule has 1 saturated heterocycles. The quantitative estimate of drug-likeness (QED) is 0.822. The predicted molar refractivity (Wildman–Crippen MR) is 86.0 cm³/mol. The highest BCUT2D eigenvalue weighted by molar-refractivity contribution is 4.92. The van der Waals surface area contributed by atoms with Crippen molar-refractivity contribution >= 4 is 0 Å². The van der Waals surface area contributed by atoms with E-state index in [9.17, 15) is 0 Å². The molecular weight excluding hydrogens is 244 g/mol. The summed E-state index contributed by atoms with van der Waals surface area (Å²) in [5.74, 6) is 1.99. The van der Waals surface area contributed by atoms with Crippen LogP contribution in [0.4, 0.5) is 0 Å². The van der Waals surface area contributed by atoms with Gasteiger partial charge in [-0.25, -0.2) is 0 Å². The average molecular weight is 278 g/mol. The molecule has 0 spiro atoms. The fraction of sp³-hybridized carbons (Fsp3) is 1.00. The molecule has 116 valence electrons. The van der Waals surface area contributed by atoms with Crippen LogP contribution in [0.1, 0.15) is 71.1 Å². The molecule has 3 unspecified atom stereocenters. The molecule has 0 bridgehead atoms. The number of nitrogens with one attached hydrogen (secondary N) is 1. The number of rotatable bonds is 5. The van der Waals surface area contributed by atoms with Gasteiger partial charge in [0, 0.05) is 18.6 Å². The fourth-order valence-corrected chi connectivity index (χ4v) is 5.16. The van der Waals surface area contributed by atoms with Gasteiger partial charge in [-0.15, -0.1) is 0 Å². The van der Waals surface area contributed by atoms with Crippen LogP contribution in [0, 0.1) is 11.8 Å². The van der Waals surface area contributed by atoms with Crippen LogP contribution >= 0.6 is 0 Å². The molecule has 0 aromatic heterocycles. The van der Waals surface area contributed by atoms with Crippen LogP contribution in [0.2, 0.25) is 0 Å². The maximum atomic E-state index is 3.83. The van der Waals surface area contributed by atoms with E-state index in [2.05, 4.69) is 17.1 Å². The second kappa shape index (κ2) is 7.26. The molecule has 2 saturated carbocycles. The Morgan fingerprint density at radius 2 is 1.70 bits per heavy atom. The molecule has 3 aliphatic rings. The third-order valence-electron chi connectivity index (χ3n) is 6.24. The van der Waals surface area contributed by atoms with Crippen LogP contribution in [0.25, 0.3) is 0 Å². The zero-order valence-electron chi connectivity index (χ0n) is 13.4. The van der Waals surface area contributed by atoms with Crippen LogP contribution in [0.3, 0.4) is 0 Å². The highest BCUT2D eigenvalue weighted by atomic mass is 15.2. The highest BCUT2D eigenvalue weighted by Gasteiger charge is 2.37. The number of likely N-dealkylation sites (tertiary alicyclic amines) is 1. The molecule has 3 atom stereocenters. The number of fused-ring (bicyclic) bond motifs is 1. The summed E-state index contributed by atoms with van der Waals surface area (Å²) in [6, 6.07) is 1.70. The Labute approximate surface area is 125 Å². The molecule has 2 nitrogen and oxygen atoms in total. The Kier molecular flexibility index (Phi) is 5.39. The summed E-state index contributed by atoms with van der Waals surface area (Å²) in [6.45, 7) is 6.13. The summed E-state index contributed by atoms with van der Waals surface area (Å²) in [5.41, 5.74) is 0. The first kappa shape index (κ1) is 14.8. The van der Waals surface area contributed by atoms with Gasteiger partial charge in [0.05, 0.1) is 0 Å². The van der Waals surface area contributed by atoms with E-state index in [1.807, 2.05) is 0 Å². The molecule has 0 aromatic rings. The van der Waals surface area contributed by atoms with Crippen molar-refractivity contribution in [2.45, 2.75) is 83.2 Å². The van der Waals surface area contributed by atoms with Crippen LogP contribution in [0.15, 0.2) is 0 Å². The van der Waals surface area contributed by atoms with Crippen molar-refractivity contribution in [3.63, 3.8) is 0 Å². The van der Waals surface area contributed by atoms with E-state index >= 15 is 0 Å². The lowest BCUT2D eigenvalue weighted by molar-refractivity contribution is 0.140. The summed E-state index contributed by atoms with van der Waals surface area (Å²) in [5, 5.41) is 3.83. The van der Waals surface area contributed by atoms with Crippen LogP contribution in [0.5, 0.6) is 0 Å². The summed E-state index contributed by atoms with van der Waals surface area (Å²) in [4.78, 5) is 2.87. The van der Waals surface area contributed by atoms with Crippen molar-refractivity contribution < 1.29 is 0 Å². The van der Waals surface area contributed by atoms with Crippen LogP contribution in [-0.2, 0) is 0 Å².